The second-order valence-electron chi connectivity index (χ2n) is 6.54. The normalized spacial score (nSPS) is 26.0. The number of aliphatic carboxylic acids is 1. The lowest BCUT2D eigenvalue weighted by Crippen LogP contribution is -2.47. The van der Waals surface area contributed by atoms with Gasteiger partial charge in [-0.05, 0) is 25.0 Å². The van der Waals surface area contributed by atoms with Crippen LogP contribution in [0.1, 0.15) is 26.2 Å². The number of fused-ring (bicyclic) bond motifs is 1. The third-order valence-electron chi connectivity index (χ3n) is 4.63. The minimum atomic E-state index is -1.53. The summed E-state index contributed by atoms with van der Waals surface area (Å²) in [5.74, 6) is -1.74. The summed E-state index contributed by atoms with van der Waals surface area (Å²) in [5, 5.41) is 9.05. The molecule has 7 heteroatoms. The fourth-order valence-corrected chi connectivity index (χ4v) is 3.04. The number of carbonyl (C=O) groups is 2. The maximum absolute atomic E-state index is 12.1. The zero-order chi connectivity index (χ0) is 17.9. The maximum Gasteiger partial charge on any atom is 0.364 e. The second kappa shape index (κ2) is 7.41. The van der Waals surface area contributed by atoms with E-state index in [2.05, 4.69) is 0 Å². The van der Waals surface area contributed by atoms with Crippen LogP contribution in [0, 0.1) is 5.92 Å². The highest BCUT2D eigenvalue weighted by Gasteiger charge is 2.40. The number of rotatable bonds is 6. The van der Waals surface area contributed by atoms with Crippen LogP contribution in [0.3, 0.4) is 0 Å². The molecule has 25 heavy (non-hydrogen) atoms. The molecular weight excluding hydrogens is 326 g/mol. The van der Waals surface area contributed by atoms with Crippen molar-refractivity contribution in [3.05, 3.63) is 24.3 Å². The Labute approximate surface area is 146 Å². The smallest absolute Gasteiger partial charge is 0.364 e. The standard InChI is InChI=1S/C18H23NO6/c1-18(17(21)22)24-10-13(11-25-18)6-4-5-9-19-14-7-2-3-8-15(14)23-12-16(19)20/h2-3,7-8,13H,4-6,9-12H2,1H3,(H,21,22). The third kappa shape index (κ3) is 3.93. The molecule has 0 radical (unpaired) electrons. The fraction of sp³-hybridized carbons (Fsp3) is 0.556. The number of carboxylic acids is 1. The quantitative estimate of drug-likeness (QED) is 0.791. The molecule has 0 aromatic heterocycles. The number of ether oxygens (including phenoxy) is 3. The predicted molar refractivity (Wildman–Crippen MR) is 89.6 cm³/mol. The van der Waals surface area contributed by atoms with E-state index in [1.165, 1.54) is 6.92 Å². The number of benzene rings is 1. The maximum atomic E-state index is 12.1. The van der Waals surface area contributed by atoms with Crippen molar-refractivity contribution in [1.82, 2.24) is 0 Å². The molecule has 1 saturated heterocycles. The van der Waals surface area contributed by atoms with Crippen molar-refractivity contribution < 1.29 is 28.9 Å². The van der Waals surface area contributed by atoms with E-state index >= 15 is 0 Å². The summed E-state index contributed by atoms with van der Waals surface area (Å²) in [6.07, 6.45) is 2.64. The van der Waals surface area contributed by atoms with Crippen LogP contribution in [-0.4, -0.2) is 49.1 Å². The number of hydrogen-bond acceptors (Lipinski definition) is 5. The number of hydrogen-bond donors (Lipinski definition) is 1. The van der Waals surface area contributed by atoms with Crippen molar-refractivity contribution in [2.45, 2.75) is 32.0 Å². The van der Waals surface area contributed by atoms with Crippen LogP contribution in [0.25, 0.3) is 0 Å². The Bertz CT molecular complexity index is 638. The van der Waals surface area contributed by atoms with E-state index in [1.807, 2.05) is 24.3 Å². The number of unbranched alkanes of at least 4 members (excludes halogenated alkanes) is 1. The van der Waals surface area contributed by atoms with Gasteiger partial charge in [0, 0.05) is 19.4 Å². The summed E-state index contributed by atoms with van der Waals surface area (Å²) in [7, 11) is 0. The molecular formula is C18H23NO6. The Kier molecular flexibility index (Phi) is 5.24. The van der Waals surface area contributed by atoms with Gasteiger partial charge in [-0.2, -0.15) is 0 Å². The minimum absolute atomic E-state index is 0.0275. The molecule has 0 atom stereocenters. The third-order valence-corrected chi connectivity index (χ3v) is 4.63. The monoisotopic (exact) mass is 349 g/mol. The molecule has 3 rings (SSSR count). The molecule has 2 heterocycles. The molecule has 0 spiro atoms. The van der Waals surface area contributed by atoms with Crippen molar-refractivity contribution in [2.75, 3.05) is 31.3 Å². The van der Waals surface area contributed by atoms with Gasteiger partial charge in [-0.1, -0.05) is 18.6 Å². The molecule has 1 amide bonds. The molecule has 0 aliphatic carbocycles. The lowest BCUT2D eigenvalue weighted by atomic mass is 10.0. The molecule has 7 nitrogen and oxygen atoms in total. The zero-order valence-corrected chi connectivity index (χ0v) is 14.3. The Balaban J connectivity index is 1.44. The summed E-state index contributed by atoms with van der Waals surface area (Å²) in [5.41, 5.74) is 0.820. The average molecular weight is 349 g/mol. The van der Waals surface area contributed by atoms with Crippen LogP contribution in [0.2, 0.25) is 0 Å². The number of para-hydroxylation sites is 2. The first-order chi connectivity index (χ1) is 12.0. The van der Waals surface area contributed by atoms with Crippen LogP contribution in [-0.2, 0) is 19.1 Å². The van der Waals surface area contributed by atoms with E-state index in [4.69, 9.17) is 19.3 Å². The van der Waals surface area contributed by atoms with Gasteiger partial charge >= 0.3 is 5.97 Å². The minimum Gasteiger partial charge on any atom is -0.482 e. The van der Waals surface area contributed by atoms with Crippen LogP contribution >= 0.6 is 0 Å². The number of carboxylic acid groups (broad SMARTS) is 1. The Morgan fingerprint density at radius 3 is 2.72 bits per heavy atom. The number of anilines is 1. The van der Waals surface area contributed by atoms with Crippen molar-refractivity contribution in [2.24, 2.45) is 5.92 Å². The SMILES string of the molecule is CC1(C(=O)O)OCC(CCCCN2C(=O)COc3ccccc32)CO1. The Hall–Kier alpha value is -2.12. The van der Waals surface area contributed by atoms with Gasteiger partial charge in [-0.25, -0.2) is 4.79 Å². The molecule has 0 unspecified atom stereocenters. The summed E-state index contributed by atoms with van der Waals surface area (Å²) >= 11 is 0. The number of amides is 1. The largest absolute Gasteiger partial charge is 0.482 e. The van der Waals surface area contributed by atoms with Crippen LogP contribution < -0.4 is 9.64 Å². The van der Waals surface area contributed by atoms with Gasteiger partial charge in [-0.15, -0.1) is 0 Å². The molecule has 0 saturated carbocycles. The van der Waals surface area contributed by atoms with Gasteiger partial charge in [0.1, 0.15) is 5.75 Å². The first-order valence-electron chi connectivity index (χ1n) is 8.53. The van der Waals surface area contributed by atoms with Gasteiger partial charge in [-0.3, -0.25) is 4.79 Å². The lowest BCUT2D eigenvalue weighted by molar-refractivity contribution is -0.271. The van der Waals surface area contributed by atoms with Gasteiger partial charge in [0.25, 0.3) is 11.7 Å². The highest BCUT2D eigenvalue weighted by atomic mass is 16.7. The first kappa shape index (κ1) is 17.7. The van der Waals surface area contributed by atoms with Crippen molar-refractivity contribution >= 4 is 17.6 Å². The van der Waals surface area contributed by atoms with Crippen molar-refractivity contribution in [1.29, 1.82) is 0 Å². The van der Waals surface area contributed by atoms with Crippen molar-refractivity contribution in [3.8, 4) is 5.75 Å². The summed E-state index contributed by atoms with van der Waals surface area (Å²) < 4.78 is 16.1. The van der Waals surface area contributed by atoms with E-state index < -0.39 is 11.8 Å². The summed E-state index contributed by atoms with van der Waals surface area (Å²) in [6, 6.07) is 7.54. The first-order valence-corrected chi connectivity index (χ1v) is 8.53. The molecule has 1 N–H and O–H groups in total. The van der Waals surface area contributed by atoms with Crippen molar-refractivity contribution in [3.63, 3.8) is 0 Å². The molecule has 0 bridgehead atoms. The molecule has 1 fully saturated rings. The Morgan fingerprint density at radius 1 is 1.28 bits per heavy atom. The fourth-order valence-electron chi connectivity index (χ4n) is 3.04. The van der Waals surface area contributed by atoms with Crippen LogP contribution in [0.4, 0.5) is 5.69 Å². The zero-order valence-electron chi connectivity index (χ0n) is 14.3. The van der Waals surface area contributed by atoms with Crippen LogP contribution in [0.5, 0.6) is 5.75 Å². The number of nitrogens with zero attached hydrogens (tertiary/aromatic N) is 1. The number of carbonyl (C=O) groups excluding carboxylic acids is 1. The molecule has 1 aromatic carbocycles. The predicted octanol–water partition coefficient (Wildman–Crippen LogP) is 2.05. The summed E-state index contributed by atoms with van der Waals surface area (Å²) in [6.45, 7) is 2.90. The van der Waals surface area contributed by atoms with Crippen LogP contribution in [0.15, 0.2) is 24.3 Å². The summed E-state index contributed by atoms with van der Waals surface area (Å²) in [4.78, 5) is 24.9. The highest BCUT2D eigenvalue weighted by Crippen LogP contribution is 2.32. The second-order valence-corrected chi connectivity index (χ2v) is 6.54. The van der Waals surface area contributed by atoms with E-state index in [1.54, 1.807) is 4.90 Å². The van der Waals surface area contributed by atoms with E-state index in [0.717, 1.165) is 30.7 Å². The highest BCUT2D eigenvalue weighted by molar-refractivity contribution is 5.97. The lowest BCUT2D eigenvalue weighted by Gasteiger charge is -2.34. The Morgan fingerprint density at radius 2 is 2.00 bits per heavy atom. The van der Waals surface area contributed by atoms with Gasteiger partial charge in [0.15, 0.2) is 6.61 Å². The van der Waals surface area contributed by atoms with E-state index in [0.29, 0.717) is 19.8 Å². The average Bonchev–Trinajstić information content (AvgIpc) is 2.61. The molecule has 136 valence electrons. The molecule has 2 aliphatic rings. The topological polar surface area (TPSA) is 85.3 Å². The van der Waals surface area contributed by atoms with Gasteiger partial charge in [0.05, 0.1) is 18.9 Å². The van der Waals surface area contributed by atoms with E-state index in [-0.39, 0.29) is 18.4 Å². The van der Waals surface area contributed by atoms with Gasteiger partial charge in [0.2, 0.25) is 0 Å². The molecule has 1 aromatic rings. The molecule has 2 aliphatic heterocycles. The van der Waals surface area contributed by atoms with E-state index in [9.17, 15) is 9.59 Å². The van der Waals surface area contributed by atoms with Gasteiger partial charge < -0.3 is 24.2 Å².